The van der Waals surface area contributed by atoms with E-state index in [2.05, 4.69) is 31.5 Å². The number of aliphatic hydroxyl groups is 1. The van der Waals surface area contributed by atoms with Gasteiger partial charge in [-0.1, -0.05) is 30.3 Å². The second-order valence-electron chi connectivity index (χ2n) is 10.5. The Morgan fingerprint density at radius 3 is 2.45 bits per heavy atom. The second-order valence-corrected chi connectivity index (χ2v) is 10.5. The first-order valence-electron chi connectivity index (χ1n) is 13.1. The Kier molecular flexibility index (Phi) is 12.7. The lowest BCUT2D eigenvalue weighted by Crippen LogP contribution is -2.56. The van der Waals surface area contributed by atoms with E-state index < -0.39 is 35.3 Å². The van der Waals surface area contributed by atoms with Crippen molar-refractivity contribution in [3.05, 3.63) is 41.7 Å². The van der Waals surface area contributed by atoms with Crippen LogP contribution in [0, 0.1) is 0 Å². The van der Waals surface area contributed by atoms with Crippen molar-refractivity contribution >= 4 is 18.1 Å². The summed E-state index contributed by atoms with van der Waals surface area (Å²) in [5.74, 6) is -0.235. The molecule has 0 aliphatic rings. The summed E-state index contributed by atoms with van der Waals surface area (Å²) in [6.45, 7) is 9.12. The molecule has 1 aromatic heterocycles. The molecule has 222 valence electrons. The van der Waals surface area contributed by atoms with E-state index in [-0.39, 0.29) is 38.8 Å². The van der Waals surface area contributed by atoms with Crippen molar-refractivity contribution in [1.29, 1.82) is 0 Å². The van der Waals surface area contributed by atoms with Gasteiger partial charge in [-0.2, -0.15) is 0 Å². The van der Waals surface area contributed by atoms with Gasteiger partial charge in [0.15, 0.2) is 5.82 Å². The molecule has 40 heavy (non-hydrogen) atoms. The zero-order valence-corrected chi connectivity index (χ0v) is 23.8. The van der Waals surface area contributed by atoms with Crippen LogP contribution in [0.5, 0.6) is 0 Å². The fourth-order valence-corrected chi connectivity index (χ4v) is 3.33. The summed E-state index contributed by atoms with van der Waals surface area (Å²) < 4.78 is 17.8. The van der Waals surface area contributed by atoms with Gasteiger partial charge in [-0.15, -0.1) is 5.10 Å². The monoisotopic (exact) mass is 563 g/mol. The predicted molar refractivity (Wildman–Crippen MR) is 144 cm³/mol. The first-order chi connectivity index (χ1) is 18.9. The van der Waals surface area contributed by atoms with Crippen molar-refractivity contribution in [3.63, 3.8) is 0 Å². The number of nitrogens with one attached hydrogen (secondary N) is 3. The molecule has 3 amide bonds. The highest BCUT2D eigenvalue weighted by Gasteiger charge is 2.34. The molecule has 4 N–H and O–H groups in total. The normalized spacial score (nSPS) is 12.3. The number of alkyl carbamates (subject to hydrolysis) is 2. The molecule has 0 fully saturated rings. The largest absolute Gasteiger partial charge is 0.448 e. The van der Waals surface area contributed by atoms with E-state index in [0.29, 0.717) is 19.4 Å². The number of aromatic nitrogens is 4. The van der Waals surface area contributed by atoms with Gasteiger partial charge in [0.1, 0.15) is 23.8 Å². The van der Waals surface area contributed by atoms with Crippen molar-refractivity contribution < 1.29 is 33.7 Å². The number of carbonyl (C=O) groups excluding carboxylic acids is 3. The third-order valence-electron chi connectivity index (χ3n) is 5.34. The van der Waals surface area contributed by atoms with Crippen LogP contribution in [0.2, 0.25) is 0 Å². The molecule has 1 atom stereocenters. The number of aliphatic hydroxyl groups excluding tert-OH is 1. The highest BCUT2D eigenvalue weighted by molar-refractivity contribution is 5.89. The van der Waals surface area contributed by atoms with Crippen LogP contribution in [0.4, 0.5) is 9.59 Å². The molecule has 0 aliphatic heterocycles. The van der Waals surface area contributed by atoms with E-state index in [1.165, 1.54) is 4.68 Å². The van der Waals surface area contributed by atoms with Crippen molar-refractivity contribution in [2.24, 2.45) is 0 Å². The Labute approximate surface area is 234 Å². The Bertz CT molecular complexity index is 1070. The van der Waals surface area contributed by atoms with Gasteiger partial charge in [0.25, 0.3) is 0 Å². The van der Waals surface area contributed by atoms with Crippen LogP contribution < -0.4 is 16.0 Å². The SMILES string of the molecule is CC(C)(C)OC(=O)NC(C)(C)C(=O)N[C@H](COCc1ccccc1)c1nnnn1CCOC(=O)NCCCCO. The average Bonchev–Trinajstić information content (AvgIpc) is 3.33. The molecule has 0 spiro atoms. The molecule has 0 aliphatic carbocycles. The molecule has 14 heteroatoms. The lowest BCUT2D eigenvalue weighted by Gasteiger charge is -2.29. The summed E-state index contributed by atoms with van der Waals surface area (Å²) in [7, 11) is 0. The molecule has 1 aromatic carbocycles. The van der Waals surface area contributed by atoms with Crippen LogP contribution in [0.25, 0.3) is 0 Å². The van der Waals surface area contributed by atoms with E-state index >= 15 is 0 Å². The van der Waals surface area contributed by atoms with Crippen molar-refractivity contribution in [3.8, 4) is 0 Å². The molecule has 1 heterocycles. The zero-order chi connectivity index (χ0) is 29.6. The summed E-state index contributed by atoms with van der Waals surface area (Å²) >= 11 is 0. The summed E-state index contributed by atoms with van der Waals surface area (Å²) in [6.07, 6.45) is -0.121. The molecule has 0 unspecified atom stereocenters. The molecule has 0 saturated heterocycles. The quantitative estimate of drug-likeness (QED) is 0.234. The minimum Gasteiger partial charge on any atom is -0.448 e. The number of hydrogen-bond donors (Lipinski definition) is 4. The fraction of sp³-hybridized carbons (Fsp3) is 0.615. The van der Waals surface area contributed by atoms with Gasteiger partial charge in [0.2, 0.25) is 5.91 Å². The summed E-state index contributed by atoms with van der Waals surface area (Å²) in [5.41, 5.74) is -1.13. The molecule has 0 bridgehead atoms. The lowest BCUT2D eigenvalue weighted by atomic mass is 10.0. The predicted octanol–water partition coefficient (Wildman–Crippen LogP) is 1.85. The Morgan fingerprint density at radius 1 is 1.05 bits per heavy atom. The third kappa shape index (κ3) is 11.9. The smallest absolute Gasteiger partial charge is 0.408 e. The zero-order valence-electron chi connectivity index (χ0n) is 23.8. The highest BCUT2D eigenvalue weighted by Crippen LogP contribution is 2.15. The van der Waals surface area contributed by atoms with Gasteiger partial charge in [0.05, 0.1) is 19.8 Å². The molecule has 2 aromatic rings. The van der Waals surface area contributed by atoms with Gasteiger partial charge in [-0.05, 0) is 63.5 Å². The van der Waals surface area contributed by atoms with Crippen LogP contribution in [-0.4, -0.2) is 80.9 Å². The number of ether oxygens (including phenoxy) is 3. The number of benzene rings is 1. The Hall–Kier alpha value is -3.78. The summed E-state index contributed by atoms with van der Waals surface area (Å²) in [5, 5.41) is 28.6. The van der Waals surface area contributed by atoms with Crippen molar-refractivity contribution in [2.75, 3.05) is 26.4 Å². The first kappa shape index (κ1) is 32.4. The molecule has 0 saturated carbocycles. The molecular weight excluding hydrogens is 522 g/mol. The summed E-state index contributed by atoms with van der Waals surface area (Å²) in [4.78, 5) is 37.5. The minimum atomic E-state index is -1.34. The summed E-state index contributed by atoms with van der Waals surface area (Å²) in [6, 6.07) is 8.73. The van der Waals surface area contributed by atoms with E-state index in [4.69, 9.17) is 19.3 Å². The van der Waals surface area contributed by atoms with Crippen LogP contribution in [0.15, 0.2) is 30.3 Å². The first-order valence-corrected chi connectivity index (χ1v) is 13.1. The van der Waals surface area contributed by atoms with Crippen molar-refractivity contribution in [1.82, 2.24) is 36.2 Å². The number of unbranched alkanes of at least 4 members (excludes halogenated alkanes) is 1. The third-order valence-corrected chi connectivity index (χ3v) is 5.34. The minimum absolute atomic E-state index is 0.0235. The molecule has 2 rings (SSSR count). The number of rotatable bonds is 15. The standard InChI is InChI=1S/C26H41N7O7/c1-25(2,3)40-24(37)29-26(4,5)22(35)28-20(18-38-17-19-11-7-6-8-12-19)21-30-31-32-33(21)14-16-39-23(36)27-13-9-10-15-34/h6-8,11-12,20,34H,9-10,13-18H2,1-5H3,(H,27,36)(H,28,35)(H,29,37)/t20-/m1/s1. The number of carbonyl (C=O) groups is 3. The van der Waals surface area contributed by atoms with Gasteiger partial charge in [0, 0.05) is 13.2 Å². The maximum Gasteiger partial charge on any atom is 0.408 e. The highest BCUT2D eigenvalue weighted by atomic mass is 16.6. The van der Waals surface area contributed by atoms with Gasteiger partial charge in [-0.3, -0.25) is 4.79 Å². The average molecular weight is 564 g/mol. The molecule has 14 nitrogen and oxygen atoms in total. The van der Waals surface area contributed by atoms with Gasteiger partial charge >= 0.3 is 12.2 Å². The fourth-order valence-electron chi connectivity index (χ4n) is 3.33. The van der Waals surface area contributed by atoms with Crippen LogP contribution in [0.3, 0.4) is 0 Å². The van der Waals surface area contributed by atoms with Crippen LogP contribution >= 0.6 is 0 Å². The molecular formula is C26H41N7O7. The maximum atomic E-state index is 13.3. The van der Waals surface area contributed by atoms with E-state index in [9.17, 15) is 14.4 Å². The Morgan fingerprint density at radius 2 is 1.77 bits per heavy atom. The topological polar surface area (TPSA) is 179 Å². The Balaban J connectivity index is 2.07. The number of hydrogen-bond acceptors (Lipinski definition) is 10. The van der Waals surface area contributed by atoms with Crippen LogP contribution in [0.1, 0.15) is 64.9 Å². The number of nitrogens with zero attached hydrogens (tertiary/aromatic N) is 4. The van der Waals surface area contributed by atoms with Gasteiger partial charge < -0.3 is 35.3 Å². The lowest BCUT2D eigenvalue weighted by molar-refractivity contribution is -0.127. The van der Waals surface area contributed by atoms with Gasteiger partial charge in [-0.25, -0.2) is 14.3 Å². The second kappa shape index (κ2) is 15.7. The van der Waals surface area contributed by atoms with E-state index in [0.717, 1.165) is 5.56 Å². The maximum absolute atomic E-state index is 13.3. The van der Waals surface area contributed by atoms with Crippen LogP contribution in [-0.2, 0) is 32.2 Å². The molecule has 0 radical (unpaired) electrons. The van der Waals surface area contributed by atoms with E-state index in [1.54, 1.807) is 34.6 Å². The number of amides is 3. The van der Waals surface area contributed by atoms with Crippen molar-refractivity contribution in [2.45, 2.75) is 77.8 Å². The van der Waals surface area contributed by atoms with E-state index in [1.807, 2.05) is 30.3 Å². The number of tetrazole rings is 1.